The first-order chi connectivity index (χ1) is 10.1. The second kappa shape index (κ2) is 7.10. The quantitative estimate of drug-likeness (QED) is 0.813. The highest BCUT2D eigenvalue weighted by atomic mass is 79.9. The number of benzene rings is 2. The predicted octanol–water partition coefficient (Wildman–Crippen LogP) is 5.06. The lowest BCUT2D eigenvalue weighted by Gasteiger charge is -2.22. The molecule has 2 aromatic carbocycles. The van der Waals surface area contributed by atoms with Crippen LogP contribution in [0.4, 0.5) is 11.4 Å². The maximum atomic E-state index is 3.70. The maximum absolute atomic E-state index is 3.70. The number of hydrogen-bond acceptors (Lipinski definition) is 2. The van der Waals surface area contributed by atoms with Crippen LogP contribution in [0.2, 0.25) is 0 Å². The second-order valence-corrected chi connectivity index (χ2v) is 6.15. The number of rotatable bonds is 5. The van der Waals surface area contributed by atoms with Crippen LogP contribution in [0.3, 0.4) is 0 Å². The smallest absolute Gasteiger partial charge is 0.0552 e. The summed E-state index contributed by atoms with van der Waals surface area (Å²) in [4.78, 5) is 2.21. The van der Waals surface area contributed by atoms with Gasteiger partial charge in [-0.3, -0.25) is 0 Å². The molecule has 3 heteroatoms. The van der Waals surface area contributed by atoms with E-state index in [4.69, 9.17) is 0 Å². The van der Waals surface area contributed by atoms with Crippen molar-refractivity contribution in [1.29, 1.82) is 0 Å². The van der Waals surface area contributed by atoms with Gasteiger partial charge in [-0.1, -0.05) is 25.1 Å². The Kier molecular flexibility index (Phi) is 5.43. The molecule has 0 saturated carbocycles. The van der Waals surface area contributed by atoms with E-state index in [1.54, 1.807) is 0 Å². The first-order valence-corrected chi connectivity index (χ1v) is 8.15. The van der Waals surface area contributed by atoms with Gasteiger partial charge in [-0.15, -0.1) is 0 Å². The second-order valence-electron chi connectivity index (χ2n) is 5.30. The van der Waals surface area contributed by atoms with Crippen LogP contribution in [0.5, 0.6) is 0 Å². The molecular weight excluding hydrogens is 324 g/mol. The Hall–Kier alpha value is -1.32. The molecule has 0 aliphatic rings. The molecule has 1 unspecified atom stereocenters. The summed E-state index contributed by atoms with van der Waals surface area (Å²) >= 11 is 3.70. The fourth-order valence-electron chi connectivity index (χ4n) is 2.33. The molecule has 0 heterocycles. The zero-order chi connectivity index (χ0) is 15.4. The molecule has 0 saturated heterocycles. The van der Waals surface area contributed by atoms with Crippen molar-refractivity contribution >= 4 is 27.3 Å². The summed E-state index contributed by atoms with van der Waals surface area (Å²) in [7, 11) is 4.08. The van der Waals surface area contributed by atoms with E-state index >= 15 is 0 Å². The van der Waals surface area contributed by atoms with Crippen LogP contribution in [0.15, 0.2) is 46.9 Å². The third kappa shape index (κ3) is 3.66. The van der Waals surface area contributed by atoms with Gasteiger partial charge in [0.25, 0.3) is 0 Å². The van der Waals surface area contributed by atoms with Crippen LogP contribution in [0.25, 0.3) is 0 Å². The Labute approximate surface area is 136 Å². The highest BCUT2D eigenvalue weighted by molar-refractivity contribution is 9.10. The van der Waals surface area contributed by atoms with Gasteiger partial charge in [0.2, 0.25) is 0 Å². The first kappa shape index (κ1) is 16.1. The molecule has 1 atom stereocenters. The average Bonchev–Trinajstić information content (AvgIpc) is 2.53. The number of hydrogen-bond donors (Lipinski definition) is 1. The van der Waals surface area contributed by atoms with Crippen molar-refractivity contribution in [3.05, 3.63) is 58.1 Å². The van der Waals surface area contributed by atoms with Crippen LogP contribution >= 0.6 is 15.9 Å². The van der Waals surface area contributed by atoms with Crippen molar-refractivity contribution in [3.63, 3.8) is 0 Å². The minimum absolute atomic E-state index is 0.351. The fourth-order valence-corrected chi connectivity index (χ4v) is 2.99. The van der Waals surface area contributed by atoms with E-state index in [-0.39, 0.29) is 0 Å². The third-order valence-corrected chi connectivity index (χ3v) is 4.63. The van der Waals surface area contributed by atoms with E-state index in [1.807, 2.05) is 7.05 Å². The Morgan fingerprint density at radius 1 is 1.14 bits per heavy atom. The standard InChI is InChI=1S/C18H23BrN2/c1-5-14-6-9-16(10-7-14)21(4)18-11-8-15(12-17(18)19)13(2)20-3/h6-13,20H,5H2,1-4H3. The molecule has 0 aromatic heterocycles. The van der Waals surface area contributed by atoms with Gasteiger partial charge in [0, 0.05) is 23.2 Å². The van der Waals surface area contributed by atoms with Crippen molar-refractivity contribution in [3.8, 4) is 0 Å². The minimum Gasteiger partial charge on any atom is -0.344 e. The van der Waals surface area contributed by atoms with Gasteiger partial charge in [-0.05, 0) is 71.7 Å². The SMILES string of the molecule is CCc1ccc(N(C)c2ccc(C(C)NC)cc2Br)cc1. The highest BCUT2D eigenvalue weighted by Crippen LogP contribution is 2.33. The molecule has 0 aliphatic heterocycles. The van der Waals surface area contributed by atoms with Crippen LogP contribution in [-0.2, 0) is 6.42 Å². The van der Waals surface area contributed by atoms with Crippen LogP contribution in [-0.4, -0.2) is 14.1 Å². The van der Waals surface area contributed by atoms with Crippen molar-refractivity contribution in [2.24, 2.45) is 0 Å². The first-order valence-electron chi connectivity index (χ1n) is 7.36. The van der Waals surface area contributed by atoms with E-state index in [0.717, 1.165) is 10.9 Å². The summed E-state index contributed by atoms with van der Waals surface area (Å²) in [5.41, 5.74) is 5.01. The van der Waals surface area contributed by atoms with Crippen molar-refractivity contribution in [1.82, 2.24) is 5.32 Å². The fraction of sp³-hybridized carbons (Fsp3) is 0.333. The Morgan fingerprint density at radius 3 is 2.33 bits per heavy atom. The summed E-state index contributed by atoms with van der Waals surface area (Å²) in [6, 6.07) is 15.6. The lowest BCUT2D eigenvalue weighted by Crippen LogP contribution is -2.14. The average molecular weight is 347 g/mol. The highest BCUT2D eigenvalue weighted by Gasteiger charge is 2.10. The number of nitrogens with one attached hydrogen (secondary N) is 1. The topological polar surface area (TPSA) is 15.3 Å². The molecule has 1 N–H and O–H groups in total. The van der Waals surface area contributed by atoms with Gasteiger partial charge in [0.05, 0.1) is 5.69 Å². The Balaban J connectivity index is 2.27. The molecule has 0 bridgehead atoms. The number of aryl methyl sites for hydroxylation is 1. The van der Waals surface area contributed by atoms with Crippen LogP contribution in [0.1, 0.15) is 31.0 Å². The summed E-state index contributed by atoms with van der Waals surface area (Å²) in [5, 5.41) is 3.27. The van der Waals surface area contributed by atoms with E-state index < -0.39 is 0 Å². The van der Waals surface area contributed by atoms with Gasteiger partial charge >= 0.3 is 0 Å². The predicted molar refractivity (Wildman–Crippen MR) is 95.5 cm³/mol. The molecule has 0 amide bonds. The molecule has 21 heavy (non-hydrogen) atoms. The van der Waals surface area contributed by atoms with Gasteiger partial charge in [-0.25, -0.2) is 0 Å². The lowest BCUT2D eigenvalue weighted by molar-refractivity contribution is 0.652. The Bertz CT molecular complexity index is 593. The number of halogens is 1. The number of anilines is 2. The van der Waals surface area contributed by atoms with Crippen LogP contribution in [0, 0.1) is 0 Å². The van der Waals surface area contributed by atoms with E-state index in [9.17, 15) is 0 Å². The minimum atomic E-state index is 0.351. The van der Waals surface area contributed by atoms with Gasteiger partial charge < -0.3 is 10.2 Å². The maximum Gasteiger partial charge on any atom is 0.0552 e. The van der Waals surface area contributed by atoms with Gasteiger partial charge in [0.15, 0.2) is 0 Å². The molecule has 2 rings (SSSR count). The van der Waals surface area contributed by atoms with Crippen LogP contribution < -0.4 is 10.2 Å². The monoisotopic (exact) mass is 346 g/mol. The summed E-state index contributed by atoms with van der Waals surface area (Å²) in [6.07, 6.45) is 1.07. The third-order valence-electron chi connectivity index (χ3n) is 4.00. The van der Waals surface area contributed by atoms with E-state index in [1.165, 1.54) is 22.5 Å². The lowest BCUT2D eigenvalue weighted by atomic mass is 10.1. The molecule has 2 nitrogen and oxygen atoms in total. The van der Waals surface area contributed by atoms with Crippen molar-refractivity contribution in [2.75, 3.05) is 19.0 Å². The Morgan fingerprint density at radius 2 is 1.81 bits per heavy atom. The molecule has 112 valence electrons. The molecular formula is C18H23BrN2. The van der Waals surface area contributed by atoms with Crippen molar-refractivity contribution in [2.45, 2.75) is 26.3 Å². The summed E-state index contributed by atoms with van der Waals surface area (Å²) < 4.78 is 1.11. The van der Waals surface area contributed by atoms with Gasteiger partial charge in [-0.2, -0.15) is 0 Å². The molecule has 0 aliphatic carbocycles. The molecule has 0 spiro atoms. The van der Waals surface area contributed by atoms with E-state index in [0.29, 0.717) is 6.04 Å². The molecule has 0 fully saturated rings. The number of nitrogens with zero attached hydrogens (tertiary/aromatic N) is 1. The summed E-state index contributed by atoms with van der Waals surface area (Å²) in [6.45, 7) is 4.34. The normalized spacial score (nSPS) is 12.2. The van der Waals surface area contributed by atoms with Crippen molar-refractivity contribution < 1.29 is 0 Å². The molecule has 2 aromatic rings. The largest absolute Gasteiger partial charge is 0.344 e. The van der Waals surface area contributed by atoms with E-state index in [2.05, 4.69) is 89.5 Å². The summed E-state index contributed by atoms with van der Waals surface area (Å²) in [5.74, 6) is 0. The molecule has 0 radical (unpaired) electrons. The zero-order valence-electron chi connectivity index (χ0n) is 13.2. The van der Waals surface area contributed by atoms with Gasteiger partial charge in [0.1, 0.15) is 0 Å². The zero-order valence-corrected chi connectivity index (χ0v) is 14.7.